The van der Waals surface area contributed by atoms with E-state index in [1.165, 1.54) is 87.8 Å². The van der Waals surface area contributed by atoms with Crippen LogP contribution in [0.4, 0.5) is 0 Å². The molecule has 0 spiro atoms. The minimum atomic E-state index is 0.326. The van der Waals surface area contributed by atoms with Gasteiger partial charge in [0.2, 0.25) is 0 Å². The highest BCUT2D eigenvalue weighted by Crippen LogP contribution is 2.55. The highest BCUT2D eigenvalue weighted by molar-refractivity contribution is 6.18. The van der Waals surface area contributed by atoms with Crippen molar-refractivity contribution in [1.29, 1.82) is 0 Å². The number of nitrogens with zero attached hydrogens (tertiary/aromatic N) is 3. The number of fused-ring (bicyclic) bond motifs is 17. The molecule has 2 bridgehead atoms. The maximum atomic E-state index is 4.56. The van der Waals surface area contributed by atoms with Crippen LogP contribution < -0.4 is 0 Å². The Kier molecular flexibility index (Phi) is 5.40. The predicted octanol–water partition coefficient (Wildman–Crippen LogP) is 12.2. The lowest BCUT2D eigenvalue weighted by Crippen LogP contribution is -2.06. The highest BCUT2D eigenvalue weighted by atomic mass is 15.0. The first-order valence-electron chi connectivity index (χ1n) is 18.0. The zero-order valence-corrected chi connectivity index (χ0v) is 27.8. The molecule has 0 fully saturated rings. The molecule has 3 heterocycles. The molecule has 10 aromatic rings. The van der Waals surface area contributed by atoms with E-state index in [0.717, 1.165) is 29.7 Å². The summed E-state index contributed by atoms with van der Waals surface area (Å²) in [5, 5.41) is 7.72. The summed E-state index contributed by atoms with van der Waals surface area (Å²) in [7, 11) is 0. The van der Waals surface area contributed by atoms with Gasteiger partial charge in [-0.3, -0.25) is 4.98 Å². The summed E-state index contributed by atoms with van der Waals surface area (Å²) in [5.74, 6) is 0.326. The van der Waals surface area contributed by atoms with E-state index in [4.69, 9.17) is 0 Å². The van der Waals surface area contributed by atoms with E-state index in [-0.39, 0.29) is 0 Å². The first-order chi connectivity index (χ1) is 25.3. The third-order valence-corrected chi connectivity index (χ3v) is 11.8. The van der Waals surface area contributed by atoms with Gasteiger partial charge in [-0.1, -0.05) is 103 Å². The van der Waals surface area contributed by atoms with E-state index >= 15 is 0 Å². The lowest BCUT2D eigenvalue weighted by Gasteiger charge is -2.26. The van der Waals surface area contributed by atoms with Crippen molar-refractivity contribution < 1.29 is 0 Å². The lowest BCUT2D eigenvalue weighted by molar-refractivity contribution is 0.740. The van der Waals surface area contributed by atoms with Gasteiger partial charge >= 0.3 is 0 Å². The van der Waals surface area contributed by atoms with Gasteiger partial charge in [0.05, 0.1) is 28.3 Å². The Bertz CT molecular complexity index is 3050. The Morgan fingerprint density at radius 3 is 2.10 bits per heavy atom. The third kappa shape index (κ3) is 3.60. The summed E-state index contributed by atoms with van der Waals surface area (Å²) in [5.41, 5.74) is 17.1. The zero-order valence-electron chi connectivity index (χ0n) is 27.8. The molecular weight excluding hydrogens is 619 g/mol. The average Bonchev–Trinajstić information content (AvgIpc) is 3.57. The molecule has 0 amide bonds. The molecule has 7 aromatic carbocycles. The van der Waals surface area contributed by atoms with Crippen LogP contribution in [0.15, 0.2) is 158 Å². The number of hydrogen-bond donors (Lipinski definition) is 0. The van der Waals surface area contributed by atoms with Crippen molar-refractivity contribution in [3.8, 4) is 33.6 Å². The quantitative estimate of drug-likeness (QED) is 0.183. The fourth-order valence-electron chi connectivity index (χ4n) is 9.77. The molecule has 3 heteroatoms. The van der Waals surface area contributed by atoms with Gasteiger partial charge in [0.25, 0.3) is 0 Å². The minimum absolute atomic E-state index is 0.326. The van der Waals surface area contributed by atoms with E-state index in [1.807, 2.05) is 12.4 Å². The van der Waals surface area contributed by atoms with Gasteiger partial charge in [0.15, 0.2) is 0 Å². The second-order valence-corrected chi connectivity index (χ2v) is 14.2. The van der Waals surface area contributed by atoms with Crippen LogP contribution in [0, 0.1) is 0 Å². The van der Waals surface area contributed by atoms with Crippen LogP contribution in [0.2, 0.25) is 0 Å². The van der Waals surface area contributed by atoms with Crippen LogP contribution in [0.25, 0.3) is 88.0 Å². The maximum absolute atomic E-state index is 4.56. The first-order valence-corrected chi connectivity index (χ1v) is 18.0. The minimum Gasteiger partial charge on any atom is -0.309 e. The van der Waals surface area contributed by atoms with E-state index in [1.54, 1.807) is 0 Å². The molecule has 12 rings (SSSR count). The van der Waals surface area contributed by atoms with Gasteiger partial charge in [-0.2, -0.15) is 0 Å². The van der Waals surface area contributed by atoms with Crippen LogP contribution in [-0.4, -0.2) is 14.1 Å². The summed E-state index contributed by atoms with van der Waals surface area (Å²) < 4.78 is 4.92. The fourth-order valence-corrected chi connectivity index (χ4v) is 9.77. The number of rotatable bonds is 2. The Morgan fingerprint density at radius 1 is 0.510 bits per heavy atom. The lowest BCUT2D eigenvalue weighted by atomic mass is 9.78. The summed E-state index contributed by atoms with van der Waals surface area (Å²) in [6.45, 7) is 0. The standard InChI is InChI=1S/C48H31N3/c1-2-13-32-29(10-1)20-21-40-46(32)38-22-23-39-41(34-15-4-3-14-33(34)38)27-42-36-17-6-8-19-44(36)51(48(42)47(39)40)31-12-9-11-30(26-31)50-43-18-7-5-16-35(43)37-24-25-49-28-45(37)50/h1-21,24-28,38H,22-23H2. The van der Waals surface area contributed by atoms with Crippen molar-refractivity contribution in [2.75, 3.05) is 0 Å². The molecule has 2 aliphatic rings. The number of para-hydroxylation sites is 2. The fraction of sp³-hybridized carbons (Fsp3) is 0.0625. The molecule has 0 saturated carbocycles. The monoisotopic (exact) mass is 649 g/mol. The molecule has 0 radical (unpaired) electrons. The Labute approximate surface area is 294 Å². The Balaban J connectivity index is 1.24. The second kappa shape index (κ2) is 10.1. The number of benzene rings is 7. The number of pyridine rings is 1. The van der Waals surface area contributed by atoms with Crippen molar-refractivity contribution in [2.45, 2.75) is 18.8 Å². The van der Waals surface area contributed by atoms with Crippen LogP contribution in [0.3, 0.4) is 0 Å². The van der Waals surface area contributed by atoms with Gasteiger partial charge in [-0.05, 0) is 99.5 Å². The maximum Gasteiger partial charge on any atom is 0.0724 e. The summed E-state index contributed by atoms with van der Waals surface area (Å²) in [6.07, 6.45) is 6.03. The second-order valence-electron chi connectivity index (χ2n) is 14.2. The normalized spacial score (nSPS) is 14.7. The molecule has 3 nitrogen and oxygen atoms in total. The number of aromatic nitrogens is 3. The van der Waals surface area contributed by atoms with E-state index in [9.17, 15) is 0 Å². The van der Waals surface area contributed by atoms with Gasteiger partial charge in [-0.25, -0.2) is 0 Å². The molecule has 0 saturated heterocycles. The molecule has 1 atom stereocenters. The Hall–Kier alpha value is -6.45. The van der Waals surface area contributed by atoms with E-state index in [2.05, 4.69) is 160 Å². The largest absolute Gasteiger partial charge is 0.309 e. The van der Waals surface area contributed by atoms with Crippen molar-refractivity contribution in [1.82, 2.24) is 14.1 Å². The van der Waals surface area contributed by atoms with Gasteiger partial charge in [-0.15, -0.1) is 0 Å². The van der Waals surface area contributed by atoms with Crippen molar-refractivity contribution in [2.24, 2.45) is 0 Å². The molecule has 3 aromatic heterocycles. The van der Waals surface area contributed by atoms with Crippen LogP contribution in [-0.2, 0) is 6.42 Å². The van der Waals surface area contributed by atoms with Crippen molar-refractivity contribution in [3.05, 3.63) is 175 Å². The SMILES string of the molecule is c1cc(-n2c3ccccc3c3ccncc32)cc(-n2c3ccccc3c3cc4c5c(c32)-c2ccc3ccccc3c2C(CC5)c2ccccc2-4)c1. The molecule has 238 valence electrons. The molecule has 1 unspecified atom stereocenters. The van der Waals surface area contributed by atoms with Crippen LogP contribution in [0.1, 0.15) is 29.0 Å². The summed E-state index contributed by atoms with van der Waals surface area (Å²) >= 11 is 0. The van der Waals surface area contributed by atoms with Crippen molar-refractivity contribution >= 4 is 54.4 Å². The smallest absolute Gasteiger partial charge is 0.0724 e. The molecular formula is C48H31N3. The van der Waals surface area contributed by atoms with Gasteiger partial charge < -0.3 is 9.13 Å². The number of hydrogen-bond acceptors (Lipinski definition) is 1. The van der Waals surface area contributed by atoms with Crippen molar-refractivity contribution in [3.63, 3.8) is 0 Å². The molecule has 51 heavy (non-hydrogen) atoms. The first kappa shape index (κ1) is 27.4. The summed E-state index contributed by atoms with van der Waals surface area (Å²) in [4.78, 5) is 4.56. The Morgan fingerprint density at radius 2 is 1.22 bits per heavy atom. The molecule has 0 N–H and O–H groups in total. The van der Waals surface area contributed by atoms with E-state index in [0.29, 0.717) is 5.92 Å². The van der Waals surface area contributed by atoms with E-state index < -0.39 is 0 Å². The zero-order chi connectivity index (χ0) is 33.2. The third-order valence-electron chi connectivity index (χ3n) is 11.8. The summed E-state index contributed by atoms with van der Waals surface area (Å²) in [6, 6.07) is 54.4. The molecule has 2 aliphatic carbocycles. The van der Waals surface area contributed by atoms with Crippen LogP contribution >= 0.6 is 0 Å². The van der Waals surface area contributed by atoms with Gasteiger partial charge in [0, 0.05) is 50.6 Å². The van der Waals surface area contributed by atoms with Gasteiger partial charge in [0.1, 0.15) is 0 Å². The molecule has 0 aliphatic heterocycles. The highest BCUT2D eigenvalue weighted by Gasteiger charge is 2.35. The average molecular weight is 650 g/mol. The topological polar surface area (TPSA) is 22.8 Å². The predicted molar refractivity (Wildman–Crippen MR) is 211 cm³/mol. The van der Waals surface area contributed by atoms with Crippen LogP contribution in [0.5, 0.6) is 0 Å².